The number of aromatic nitrogens is 2. The highest BCUT2D eigenvalue weighted by atomic mass is 19.4. The van der Waals surface area contributed by atoms with Crippen LogP contribution in [0.5, 0.6) is 0 Å². The molecular formula is C22H27F6N3O7. The highest BCUT2D eigenvalue weighted by molar-refractivity contribution is 5.73. The summed E-state index contributed by atoms with van der Waals surface area (Å²) in [6.07, 6.45) is -1.01. The summed E-state index contributed by atoms with van der Waals surface area (Å²) in [6, 6.07) is 6.38. The summed E-state index contributed by atoms with van der Waals surface area (Å²) >= 11 is 0. The van der Waals surface area contributed by atoms with Crippen molar-refractivity contribution in [2.45, 2.75) is 63.0 Å². The van der Waals surface area contributed by atoms with Gasteiger partial charge >= 0.3 is 24.3 Å². The first kappa shape index (κ1) is 31.1. The van der Waals surface area contributed by atoms with Gasteiger partial charge in [-0.25, -0.2) is 9.59 Å². The summed E-state index contributed by atoms with van der Waals surface area (Å²) in [6.45, 7) is 4.24. The number of hydrogen-bond donors (Lipinski definition) is 2. The Morgan fingerprint density at radius 2 is 1.76 bits per heavy atom. The minimum absolute atomic E-state index is 0.155. The van der Waals surface area contributed by atoms with Crippen LogP contribution in [0.15, 0.2) is 41.3 Å². The molecule has 4 rings (SSSR count). The molecule has 2 fully saturated rings. The Kier molecular flexibility index (Phi) is 11.6. The normalized spacial score (nSPS) is 21.5. The maximum Gasteiger partial charge on any atom is 0.490 e. The van der Waals surface area contributed by atoms with E-state index in [4.69, 9.17) is 33.7 Å². The molecule has 0 amide bonds. The van der Waals surface area contributed by atoms with Gasteiger partial charge in [0, 0.05) is 44.7 Å². The molecule has 16 heteroatoms. The second-order valence-corrected chi connectivity index (χ2v) is 8.19. The average molecular weight is 559 g/mol. The molecule has 10 nitrogen and oxygen atoms in total. The average Bonchev–Trinajstić information content (AvgIpc) is 3.60. The van der Waals surface area contributed by atoms with Gasteiger partial charge in [-0.15, -0.1) is 0 Å². The maximum atomic E-state index is 10.6. The van der Waals surface area contributed by atoms with Gasteiger partial charge < -0.3 is 24.1 Å². The smallest absolute Gasteiger partial charge is 0.475 e. The summed E-state index contributed by atoms with van der Waals surface area (Å²) in [5.74, 6) is -4.50. The maximum absolute atomic E-state index is 10.6. The van der Waals surface area contributed by atoms with Crippen molar-refractivity contribution in [1.82, 2.24) is 14.7 Å². The number of alkyl halides is 6. The third-order valence-electron chi connectivity index (χ3n) is 5.43. The van der Waals surface area contributed by atoms with Crippen LogP contribution in [0.1, 0.15) is 25.0 Å². The quantitative estimate of drug-likeness (QED) is 0.387. The summed E-state index contributed by atoms with van der Waals surface area (Å²) in [5, 5.41) is 18.5. The molecule has 0 aliphatic carbocycles. The highest BCUT2D eigenvalue weighted by Gasteiger charge is 2.44. The fraction of sp³-hybridized carbons (Fsp3) is 0.591. The summed E-state index contributed by atoms with van der Waals surface area (Å²) < 4.78 is 83.2. The zero-order chi connectivity index (χ0) is 28.3. The molecule has 214 valence electrons. The number of ether oxygens (including phenoxy) is 2. The van der Waals surface area contributed by atoms with Crippen LogP contribution >= 0.6 is 0 Å². The zero-order valence-electron chi connectivity index (χ0n) is 19.9. The molecule has 0 unspecified atom stereocenters. The van der Waals surface area contributed by atoms with E-state index < -0.39 is 24.3 Å². The summed E-state index contributed by atoms with van der Waals surface area (Å²) in [4.78, 5) is 20.3. The molecule has 0 spiro atoms. The molecule has 2 aromatic rings. The van der Waals surface area contributed by atoms with Crippen molar-refractivity contribution in [1.29, 1.82) is 0 Å². The van der Waals surface area contributed by atoms with E-state index >= 15 is 0 Å². The third-order valence-corrected chi connectivity index (χ3v) is 5.43. The van der Waals surface area contributed by atoms with Gasteiger partial charge in [0.15, 0.2) is 0 Å². The number of aryl methyl sites for hydroxylation is 1. The first-order chi connectivity index (χ1) is 17.8. The number of carbonyl (C=O) groups is 2. The number of aliphatic carboxylic acids is 2. The van der Waals surface area contributed by atoms with E-state index in [2.05, 4.69) is 10.00 Å². The van der Waals surface area contributed by atoms with Crippen LogP contribution in [-0.4, -0.2) is 87.2 Å². The number of halogens is 6. The fourth-order valence-electron chi connectivity index (χ4n) is 3.83. The van der Waals surface area contributed by atoms with E-state index in [1.807, 2.05) is 35.3 Å². The lowest BCUT2D eigenvalue weighted by Crippen LogP contribution is -2.41. The van der Waals surface area contributed by atoms with Gasteiger partial charge in [-0.3, -0.25) is 9.58 Å². The number of likely N-dealkylation sites (tertiary alicyclic amines) is 1. The van der Waals surface area contributed by atoms with Gasteiger partial charge in [0.1, 0.15) is 11.9 Å². The van der Waals surface area contributed by atoms with Crippen molar-refractivity contribution in [3.63, 3.8) is 0 Å². The number of fused-ring (bicyclic) bond motifs is 1. The molecule has 2 aliphatic rings. The van der Waals surface area contributed by atoms with Gasteiger partial charge in [-0.2, -0.15) is 31.4 Å². The second-order valence-electron chi connectivity index (χ2n) is 8.19. The van der Waals surface area contributed by atoms with Gasteiger partial charge in [-0.05, 0) is 37.5 Å². The van der Waals surface area contributed by atoms with Crippen LogP contribution in [-0.2, 0) is 32.2 Å². The Morgan fingerprint density at radius 3 is 2.29 bits per heavy atom. The minimum atomic E-state index is -5.08. The van der Waals surface area contributed by atoms with Crippen molar-refractivity contribution < 1.29 is 60.0 Å². The molecule has 0 radical (unpaired) electrons. The topological polar surface area (TPSA) is 127 Å². The summed E-state index contributed by atoms with van der Waals surface area (Å²) in [7, 11) is 0. The predicted molar refractivity (Wildman–Crippen MR) is 116 cm³/mol. The molecule has 38 heavy (non-hydrogen) atoms. The molecule has 2 saturated heterocycles. The number of nitrogens with zero attached hydrogens (tertiary/aromatic N) is 3. The van der Waals surface area contributed by atoms with E-state index in [-0.39, 0.29) is 12.2 Å². The molecule has 3 atom stereocenters. The number of furan rings is 1. The molecule has 2 aliphatic heterocycles. The van der Waals surface area contributed by atoms with Crippen molar-refractivity contribution in [2.24, 2.45) is 0 Å². The van der Waals surface area contributed by atoms with Crippen LogP contribution in [0.4, 0.5) is 26.3 Å². The Bertz CT molecular complexity index is 943. The van der Waals surface area contributed by atoms with Crippen LogP contribution in [0.2, 0.25) is 0 Å². The Labute approximate surface area is 212 Å². The third kappa shape index (κ3) is 10.3. The van der Waals surface area contributed by atoms with E-state index in [0.29, 0.717) is 6.04 Å². The van der Waals surface area contributed by atoms with E-state index in [9.17, 15) is 26.3 Å². The number of rotatable bonds is 7. The first-order valence-electron chi connectivity index (χ1n) is 11.4. The predicted octanol–water partition coefficient (Wildman–Crippen LogP) is 3.58. The standard InChI is InChI=1S/C18H25N3O3.2C2HF3O2/c1-5-15(22-10-1)13-20-14-17(18-16(20)6-2-11-24-18)23-12-4-9-21-8-3-7-19-21;2*3-2(4,5)1(6)7/h1,3,5,7-8,10,16-18H,2,4,6,9,11-14H2;2*(H,6,7)/t16-,17-,18+;;/m1../s1. The van der Waals surface area contributed by atoms with Crippen LogP contribution in [0.25, 0.3) is 0 Å². The summed E-state index contributed by atoms with van der Waals surface area (Å²) in [5.41, 5.74) is 0. The molecule has 0 saturated carbocycles. The number of carboxylic acid groups (broad SMARTS) is 2. The largest absolute Gasteiger partial charge is 0.490 e. The number of hydrogen-bond acceptors (Lipinski definition) is 7. The zero-order valence-corrected chi connectivity index (χ0v) is 19.9. The molecule has 2 N–H and O–H groups in total. The van der Waals surface area contributed by atoms with Gasteiger partial charge in [0.2, 0.25) is 0 Å². The van der Waals surface area contributed by atoms with E-state index in [0.717, 1.165) is 51.4 Å². The van der Waals surface area contributed by atoms with Crippen molar-refractivity contribution in [3.8, 4) is 0 Å². The van der Waals surface area contributed by atoms with Crippen LogP contribution < -0.4 is 0 Å². The lowest BCUT2D eigenvalue weighted by Gasteiger charge is -2.32. The Morgan fingerprint density at radius 1 is 1.11 bits per heavy atom. The molecule has 0 bridgehead atoms. The van der Waals surface area contributed by atoms with Crippen molar-refractivity contribution in [3.05, 3.63) is 42.6 Å². The molecular weight excluding hydrogens is 532 g/mol. The van der Waals surface area contributed by atoms with Crippen LogP contribution in [0, 0.1) is 0 Å². The molecule has 0 aromatic carbocycles. The van der Waals surface area contributed by atoms with Crippen LogP contribution in [0.3, 0.4) is 0 Å². The number of carboxylic acids is 2. The monoisotopic (exact) mass is 559 g/mol. The van der Waals surface area contributed by atoms with Crippen molar-refractivity contribution >= 4 is 11.9 Å². The minimum Gasteiger partial charge on any atom is -0.475 e. The van der Waals surface area contributed by atoms with Gasteiger partial charge in [-0.1, -0.05) is 0 Å². The lowest BCUT2D eigenvalue weighted by molar-refractivity contribution is -0.193. The molecule has 4 heterocycles. The Hall–Kier alpha value is -3.11. The molecule has 2 aromatic heterocycles. The second kappa shape index (κ2) is 14.2. The van der Waals surface area contributed by atoms with Crippen molar-refractivity contribution in [2.75, 3.05) is 19.8 Å². The SMILES string of the molecule is O=C(O)C(F)(F)F.O=C(O)C(F)(F)F.c1coc(CN2C[C@@H](OCCCn3cccn3)[C@H]3OCCC[C@H]32)c1. The van der Waals surface area contributed by atoms with Gasteiger partial charge in [0.25, 0.3) is 0 Å². The fourth-order valence-corrected chi connectivity index (χ4v) is 3.83. The first-order valence-corrected chi connectivity index (χ1v) is 11.4. The Balaban J connectivity index is 0.000000301. The van der Waals surface area contributed by atoms with Gasteiger partial charge in [0.05, 0.1) is 18.9 Å². The van der Waals surface area contributed by atoms with E-state index in [1.54, 1.807) is 6.26 Å². The highest BCUT2D eigenvalue weighted by Crippen LogP contribution is 2.32. The lowest BCUT2D eigenvalue weighted by atomic mass is 10.0. The van der Waals surface area contributed by atoms with E-state index in [1.165, 1.54) is 6.42 Å².